The molecule has 1 heterocycles. The fourth-order valence-electron chi connectivity index (χ4n) is 5.27. The number of carbonyl (C=O) groups is 2. The average molecular weight is 506 g/mol. The molecule has 8 nitrogen and oxygen atoms in total. The van der Waals surface area contributed by atoms with Crippen LogP contribution in [0.5, 0.6) is 0 Å². The first-order valence-electron chi connectivity index (χ1n) is 13.3. The van der Waals surface area contributed by atoms with E-state index < -0.39 is 0 Å². The minimum Gasteiger partial charge on any atom is -0.463 e. The van der Waals surface area contributed by atoms with Gasteiger partial charge in [0.15, 0.2) is 0 Å². The number of urea groups is 1. The van der Waals surface area contributed by atoms with Gasteiger partial charge < -0.3 is 25.2 Å². The van der Waals surface area contributed by atoms with Crippen molar-refractivity contribution in [1.82, 2.24) is 9.80 Å². The molecule has 1 saturated carbocycles. The van der Waals surface area contributed by atoms with E-state index in [1.54, 1.807) is 0 Å². The Labute approximate surface area is 219 Å². The van der Waals surface area contributed by atoms with Crippen LogP contribution in [0.3, 0.4) is 0 Å². The number of benzene rings is 2. The maximum Gasteiger partial charge on any atom is 0.320 e. The zero-order chi connectivity index (χ0) is 26.4. The molecule has 198 valence electrons. The summed E-state index contributed by atoms with van der Waals surface area (Å²) in [5.74, 6) is -0.126. The molecule has 2 fully saturated rings. The third kappa shape index (κ3) is 6.81. The van der Waals surface area contributed by atoms with Crippen LogP contribution >= 0.6 is 0 Å². The monoisotopic (exact) mass is 505 g/mol. The van der Waals surface area contributed by atoms with E-state index >= 15 is 0 Å². The van der Waals surface area contributed by atoms with E-state index in [4.69, 9.17) is 15.9 Å². The summed E-state index contributed by atoms with van der Waals surface area (Å²) in [6, 6.07) is 18.0. The molecule has 1 aliphatic carbocycles. The number of carbonyl (C=O) groups excluding carboxylic acids is 2. The van der Waals surface area contributed by atoms with E-state index in [0.29, 0.717) is 25.2 Å². The van der Waals surface area contributed by atoms with E-state index in [1.165, 1.54) is 0 Å². The smallest absolute Gasteiger partial charge is 0.320 e. The lowest BCUT2D eigenvalue weighted by molar-refractivity contribution is -0.153. The van der Waals surface area contributed by atoms with E-state index in [2.05, 4.69) is 17.0 Å². The van der Waals surface area contributed by atoms with Crippen LogP contribution in [0, 0.1) is 11.3 Å². The van der Waals surface area contributed by atoms with E-state index in [-0.39, 0.29) is 35.9 Å². The van der Waals surface area contributed by atoms with Gasteiger partial charge in [-0.05, 0) is 69.4 Å². The molecular weight excluding hydrogens is 466 g/mol. The molecule has 2 amide bonds. The molecule has 2 aromatic carbocycles. The van der Waals surface area contributed by atoms with Crippen LogP contribution in [0.15, 0.2) is 54.6 Å². The lowest BCUT2D eigenvalue weighted by Crippen LogP contribution is -2.55. The summed E-state index contributed by atoms with van der Waals surface area (Å²) in [6.45, 7) is 7.12. The number of nitrogens with zero attached hydrogens (tertiary/aromatic N) is 3. The van der Waals surface area contributed by atoms with Crippen molar-refractivity contribution < 1.29 is 14.3 Å². The molecule has 3 N–H and O–H groups in total. The Morgan fingerprint density at radius 1 is 0.973 bits per heavy atom. The number of amides is 2. The Bertz CT molecular complexity index is 1060. The van der Waals surface area contributed by atoms with Crippen molar-refractivity contribution in [3.63, 3.8) is 0 Å². The van der Waals surface area contributed by atoms with Crippen LogP contribution in [0.4, 0.5) is 10.5 Å². The molecule has 2 aromatic rings. The van der Waals surface area contributed by atoms with E-state index in [1.807, 2.05) is 66.1 Å². The summed E-state index contributed by atoms with van der Waals surface area (Å²) < 4.78 is 5.44. The summed E-state index contributed by atoms with van der Waals surface area (Å²) in [7, 11) is 0. The summed E-state index contributed by atoms with van der Waals surface area (Å²) in [6.07, 6.45) is 3.00. The van der Waals surface area contributed by atoms with Gasteiger partial charge in [0.05, 0.1) is 12.0 Å². The molecule has 8 heteroatoms. The van der Waals surface area contributed by atoms with Gasteiger partial charge in [-0.2, -0.15) is 0 Å². The Morgan fingerprint density at radius 3 is 2.16 bits per heavy atom. The van der Waals surface area contributed by atoms with Gasteiger partial charge in [0.2, 0.25) is 0 Å². The first-order chi connectivity index (χ1) is 17.8. The molecule has 0 unspecified atom stereocenters. The Hall–Kier alpha value is -3.55. The molecule has 0 radical (unpaired) electrons. The van der Waals surface area contributed by atoms with Gasteiger partial charge in [-0.3, -0.25) is 10.2 Å². The quantitative estimate of drug-likeness (QED) is 0.333. The van der Waals surface area contributed by atoms with Crippen LogP contribution in [0.25, 0.3) is 0 Å². The van der Waals surface area contributed by atoms with Crippen LogP contribution in [-0.2, 0) is 16.1 Å². The minimum absolute atomic E-state index is 0.0614. The van der Waals surface area contributed by atoms with Gasteiger partial charge in [0, 0.05) is 50.0 Å². The molecule has 0 atom stereocenters. The molecule has 1 saturated heterocycles. The summed E-state index contributed by atoms with van der Waals surface area (Å²) in [4.78, 5) is 32.5. The van der Waals surface area contributed by atoms with Crippen molar-refractivity contribution in [1.29, 1.82) is 5.41 Å². The van der Waals surface area contributed by atoms with Crippen molar-refractivity contribution in [2.75, 3.05) is 31.1 Å². The van der Waals surface area contributed by atoms with Crippen LogP contribution < -0.4 is 10.6 Å². The Kier molecular flexibility index (Phi) is 8.69. The van der Waals surface area contributed by atoms with Gasteiger partial charge in [0.1, 0.15) is 5.84 Å². The lowest BCUT2D eigenvalue weighted by atomic mass is 9.85. The number of nitrogens with one attached hydrogen (secondary N) is 1. The van der Waals surface area contributed by atoms with Crippen molar-refractivity contribution in [2.24, 2.45) is 11.7 Å². The molecule has 1 aliphatic heterocycles. The first-order valence-corrected chi connectivity index (χ1v) is 13.3. The normalized spacial score (nSPS) is 20.0. The lowest BCUT2D eigenvalue weighted by Gasteiger charge is -2.42. The van der Waals surface area contributed by atoms with Crippen LogP contribution in [-0.4, -0.2) is 66.0 Å². The molecular formula is C29H39N5O3. The predicted molar refractivity (Wildman–Crippen MR) is 146 cm³/mol. The SMILES string of the molecule is CC(C)OC(=O)C1CCC(N(Cc2ccccc2)C(=O)N2CCN(c3ccc(C(=N)N)cc3)CC2)CC1. The van der Waals surface area contributed by atoms with Crippen LogP contribution in [0.1, 0.15) is 50.7 Å². The number of ether oxygens (including phenoxy) is 1. The van der Waals surface area contributed by atoms with Crippen molar-refractivity contribution >= 4 is 23.5 Å². The minimum atomic E-state index is -0.109. The third-order valence-electron chi connectivity index (χ3n) is 7.36. The van der Waals surface area contributed by atoms with E-state index in [0.717, 1.165) is 50.0 Å². The fourth-order valence-corrected chi connectivity index (χ4v) is 5.27. The Morgan fingerprint density at radius 2 is 1.59 bits per heavy atom. The average Bonchev–Trinajstić information content (AvgIpc) is 2.92. The molecule has 4 rings (SSSR count). The maximum atomic E-state index is 13.8. The van der Waals surface area contributed by atoms with Gasteiger partial charge >= 0.3 is 12.0 Å². The molecule has 37 heavy (non-hydrogen) atoms. The second kappa shape index (κ2) is 12.1. The van der Waals surface area contributed by atoms with Gasteiger partial charge in [0.25, 0.3) is 0 Å². The number of rotatable bonds is 7. The standard InChI is InChI=1S/C29H39N5O3/c1-21(2)37-28(35)24-10-14-26(15-11-24)34(20-22-6-4-3-5-7-22)29(36)33-18-16-32(17-19-33)25-12-8-23(9-13-25)27(30)31/h3-9,12-13,21,24,26H,10-11,14-20H2,1-2H3,(H3,30,31). The number of amidine groups is 1. The molecule has 0 bridgehead atoms. The maximum absolute atomic E-state index is 13.8. The molecule has 0 spiro atoms. The summed E-state index contributed by atoms with van der Waals surface area (Å²) >= 11 is 0. The zero-order valence-electron chi connectivity index (χ0n) is 21.9. The van der Waals surface area contributed by atoms with Crippen molar-refractivity contribution in [3.05, 3.63) is 65.7 Å². The summed E-state index contributed by atoms with van der Waals surface area (Å²) in [5.41, 5.74) is 8.47. The zero-order valence-corrected chi connectivity index (χ0v) is 21.9. The number of hydrogen-bond donors (Lipinski definition) is 2. The molecule has 2 aliphatic rings. The Balaban J connectivity index is 1.40. The second-order valence-corrected chi connectivity index (χ2v) is 10.3. The first kappa shape index (κ1) is 26.5. The van der Waals surface area contributed by atoms with Crippen molar-refractivity contribution in [2.45, 2.75) is 58.2 Å². The highest BCUT2D eigenvalue weighted by atomic mass is 16.5. The van der Waals surface area contributed by atoms with Gasteiger partial charge in [-0.1, -0.05) is 30.3 Å². The number of anilines is 1. The second-order valence-electron chi connectivity index (χ2n) is 10.3. The number of piperazine rings is 1. The predicted octanol–water partition coefficient (Wildman–Crippen LogP) is 4.23. The fraction of sp³-hybridized carbons (Fsp3) is 0.483. The number of nitrogens with two attached hydrogens (primary N) is 1. The number of nitrogen functional groups attached to an aromatic ring is 1. The highest BCUT2D eigenvalue weighted by molar-refractivity contribution is 5.95. The summed E-state index contributed by atoms with van der Waals surface area (Å²) in [5, 5.41) is 7.58. The van der Waals surface area contributed by atoms with E-state index in [9.17, 15) is 9.59 Å². The van der Waals surface area contributed by atoms with Crippen LogP contribution in [0.2, 0.25) is 0 Å². The highest BCUT2D eigenvalue weighted by Crippen LogP contribution is 2.31. The van der Waals surface area contributed by atoms with Gasteiger partial charge in [-0.15, -0.1) is 0 Å². The topological polar surface area (TPSA) is 103 Å². The molecule has 0 aromatic heterocycles. The van der Waals surface area contributed by atoms with Gasteiger partial charge in [-0.25, -0.2) is 4.79 Å². The number of hydrogen-bond acceptors (Lipinski definition) is 5. The largest absolute Gasteiger partial charge is 0.463 e. The highest BCUT2D eigenvalue weighted by Gasteiger charge is 2.35. The van der Waals surface area contributed by atoms with Crippen molar-refractivity contribution in [3.8, 4) is 0 Å². The third-order valence-corrected chi connectivity index (χ3v) is 7.36. The number of esters is 1.